The number of benzene rings is 1. The van der Waals surface area contributed by atoms with E-state index in [0.717, 1.165) is 25.2 Å². The van der Waals surface area contributed by atoms with E-state index >= 15 is 0 Å². The van der Waals surface area contributed by atoms with Crippen molar-refractivity contribution in [2.45, 2.75) is 38.8 Å². The van der Waals surface area contributed by atoms with Crippen molar-refractivity contribution >= 4 is 5.91 Å². The normalized spacial score (nSPS) is 18.6. The molecule has 4 heteroatoms. The minimum Gasteiger partial charge on any atom is -0.491 e. The Morgan fingerprint density at radius 1 is 1.42 bits per heavy atom. The third-order valence-corrected chi connectivity index (χ3v) is 3.00. The van der Waals surface area contributed by atoms with Crippen molar-refractivity contribution in [3.05, 3.63) is 29.8 Å². The van der Waals surface area contributed by atoms with Crippen LogP contribution in [0.5, 0.6) is 5.75 Å². The van der Waals surface area contributed by atoms with Crippen LogP contribution in [0.2, 0.25) is 0 Å². The molecule has 1 saturated heterocycles. The summed E-state index contributed by atoms with van der Waals surface area (Å²) in [5.74, 6) is 0.720. The zero-order chi connectivity index (χ0) is 13.7. The zero-order valence-corrected chi connectivity index (χ0v) is 11.5. The highest BCUT2D eigenvalue weighted by molar-refractivity contribution is 5.94. The molecule has 1 N–H and O–H groups in total. The zero-order valence-electron chi connectivity index (χ0n) is 11.5. The van der Waals surface area contributed by atoms with Crippen LogP contribution in [0.25, 0.3) is 0 Å². The van der Waals surface area contributed by atoms with Crippen LogP contribution in [-0.2, 0) is 4.74 Å². The summed E-state index contributed by atoms with van der Waals surface area (Å²) in [7, 11) is 0. The van der Waals surface area contributed by atoms with Gasteiger partial charge in [-0.2, -0.15) is 0 Å². The maximum Gasteiger partial charge on any atom is 0.251 e. The lowest BCUT2D eigenvalue weighted by atomic mass is 10.2. The first-order valence-corrected chi connectivity index (χ1v) is 6.80. The second-order valence-electron chi connectivity index (χ2n) is 5.10. The number of amides is 1. The standard InChI is InChI=1S/C15H21NO3/c1-11(2)16-15(17)12-5-7-13(8-6-12)19-10-14-4-3-9-18-14/h5-8,11,14H,3-4,9-10H2,1-2H3,(H,16,17)/t14-/m0/s1. The molecule has 104 valence electrons. The molecule has 0 aromatic heterocycles. The average molecular weight is 263 g/mol. The van der Waals surface area contributed by atoms with Crippen molar-refractivity contribution in [2.24, 2.45) is 0 Å². The predicted octanol–water partition coefficient (Wildman–Crippen LogP) is 2.38. The number of rotatable bonds is 5. The van der Waals surface area contributed by atoms with E-state index in [2.05, 4.69) is 5.32 Å². The van der Waals surface area contributed by atoms with E-state index in [0.29, 0.717) is 12.2 Å². The van der Waals surface area contributed by atoms with Gasteiger partial charge in [-0.1, -0.05) is 0 Å². The molecule has 1 fully saturated rings. The molecule has 1 heterocycles. The second-order valence-corrected chi connectivity index (χ2v) is 5.10. The lowest BCUT2D eigenvalue weighted by Crippen LogP contribution is -2.29. The molecule has 1 aliphatic heterocycles. The van der Waals surface area contributed by atoms with Gasteiger partial charge in [-0.05, 0) is 51.0 Å². The Kier molecular flexibility index (Phi) is 4.80. The number of carbonyl (C=O) groups excluding carboxylic acids is 1. The van der Waals surface area contributed by atoms with Gasteiger partial charge in [0.05, 0.1) is 6.10 Å². The van der Waals surface area contributed by atoms with Gasteiger partial charge in [-0.15, -0.1) is 0 Å². The molecule has 0 bridgehead atoms. The molecule has 0 unspecified atom stereocenters. The van der Waals surface area contributed by atoms with E-state index in [1.807, 2.05) is 26.0 Å². The van der Waals surface area contributed by atoms with Crippen molar-refractivity contribution < 1.29 is 14.3 Å². The van der Waals surface area contributed by atoms with Gasteiger partial charge in [0.2, 0.25) is 0 Å². The summed E-state index contributed by atoms with van der Waals surface area (Å²) in [5.41, 5.74) is 0.651. The minimum atomic E-state index is -0.0549. The van der Waals surface area contributed by atoms with Crippen molar-refractivity contribution in [2.75, 3.05) is 13.2 Å². The third-order valence-electron chi connectivity index (χ3n) is 3.00. The highest BCUT2D eigenvalue weighted by Gasteiger charge is 2.16. The van der Waals surface area contributed by atoms with Crippen molar-refractivity contribution in [1.82, 2.24) is 5.32 Å². The number of ether oxygens (including phenoxy) is 2. The predicted molar refractivity (Wildman–Crippen MR) is 73.5 cm³/mol. The maximum absolute atomic E-state index is 11.8. The lowest BCUT2D eigenvalue weighted by molar-refractivity contribution is 0.0679. The monoisotopic (exact) mass is 263 g/mol. The molecule has 0 radical (unpaired) electrons. The SMILES string of the molecule is CC(C)NC(=O)c1ccc(OC[C@@H]2CCCO2)cc1. The Hall–Kier alpha value is -1.55. The molecule has 0 saturated carbocycles. The first-order chi connectivity index (χ1) is 9.15. The fraction of sp³-hybridized carbons (Fsp3) is 0.533. The number of nitrogens with one attached hydrogen (secondary N) is 1. The largest absolute Gasteiger partial charge is 0.491 e. The molecule has 4 nitrogen and oxygen atoms in total. The van der Waals surface area contributed by atoms with Crippen LogP contribution in [0, 0.1) is 0 Å². The molecule has 1 aromatic rings. The van der Waals surface area contributed by atoms with Gasteiger partial charge in [0.15, 0.2) is 0 Å². The molecule has 0 spiro atoms. The van der Waals surface area contributed by atoms with E-state index < -0.39 is 0 Å². The Bertz CT molecular complexity index is 408. The molecule has 1 aliphatic rings. The van der Waals surface area contributed by atoms with Gasteiger partial charge in [-0.25, -0.2) is 0 Å². The Labute approximate surface area is 114 Å². The van der Waals surface area contributed by atoms with Crippen molar-refractivity contribution in [3.63, 3.8) is 0 Å². The highest BCUT2D eigenvalue weighted by Crippen LogP contribution is 2.16. The van der Waals surface area contributed by atoms with Crippen LogP contribution in [0.4, 0.5) is 0 Å². The first-order valence-electron chi connectivity index (χ1n) is 6.80. The van der Waals surface area contributed by atoms with E-state index in [-0.39, 0.29) is 18.1 Å². The molecule has 0 aliphatic carbocycles. The van der Waals surface area contributed by atoms with Crippen LogP contribution < -0.4 is 10.1 Å². The Morgan fingerprint density at radius 2 is 2.16 bits per heavy atom. The van der Waals surface area contributed by atoms with Crippen molar-refractivity contribution in [1.29, 1.82) is 0 Å². The summed E-state index contributed by atoms with van der Waals surface area (Å²) < 4.78 is 11.1. The molecule has 1 aromatic carbocycles. The molecular weight excluding hydrogens is 242 g/mol. The second kappa shape index (κ2) is 6.57. The van der Waals surface area contributed by atoms with Gasteiger partial charge >= 0.3 is 0 Å². The number of hydrogen-bond acceptors (Lipinski definition) is 3. The summed E-state index contributed by atoms with van der Waals surface area (Å²) in [5, 5.41) is 2.86. The smallest absolute Gasteiger partial charge is 0.251 e. The van der Waals surface area contributed by atoms with E-state index in [9.17, 15) is 4.79 Å². The lowest BCUT2D eigenvalue weighted by Gasteiger charge is -2.12. The fourth-order valence-corrected chi connectivity index (χ4v) is 2.01. The van der Waals surface area contributed by atoms with Gasteiger partial charge < -0.3 is 14.8 Å². The third kappa shape index (κ3) is 4.24. The highest BCUT2D eigenvalue weighted by atomic mass is 16.5. The molecule has 2 rings (SSSR count). The van der Waals surface area contributed by atoms with E-state index in [1.54, 1.807) is 12.1 Å². The van der Waals surface area contributed by atoms with Crippen LogP contribution in [0.3, 0.4) is 0 Å². The number of carbonyl (C=O) groups is 1. The van der Waals surface area contributed by atoms with Crippen LogP contribution in [0.1, 0.15) is 37.0 Å². The average Bonchev–Trinajstić information content (AvgIpc) is 2.89. The van der Waals surface area contributed by atoms with Crippen LogP contribution in [0.15, 0.2) is 24.3 Å². The van der Waals surface area contributed by atoms with Gasteiger partial charge in [0, 0.05) is 18.2 Å². The van der Waals surface area contributed by atoms with Crippen LogP contribution in [-0.4, -0.2) is 31.3 Å². The van der Waals surface area contributed by atoms with Gasteiger partial charge in [0.25, 0.3) is 5.91 Å². The van der Waals surface area contributed by atoms with Gasteiger partial charge in [0.1, 0.15) is 12.4 Å². The summed E-state index contributed by atoms with van der Waals surface area (Å²) in [6.07, 6.45) is 2.39. The van der Waals surface area contributed by atoms with Gasteiger partial charge in [-0.3, -0.25) is 4.79 Å². The summed E-state index contributed by atoms with van der Waals surface area (Å²) in [4.78, 5) is 11.8. The fourth-order valence-electron chi connectivity index (χ4n) is 2.01. The molecular formula is C15H21NO3. The minimum absolute atomic E-state index is 0.0549. The molecule has 1 amide bonds. The summed E-state index contributed by atoms with van der Waals surface area (Å²) >= 11 is 0. The van der Waals surface area contributed by atoms with Crippen molar-refractivity contribution in [3.8, 4) is 5.75 Å². The quantitative estimate of drug-likeness (QED) is 0.887. The summed E-state index contributed by atoms with van der Waals surface area (Å²) in [6.45, 7) is 5.30. The van der Waals surface area contributed by atoms with E-state index in [4.69, 9.17) is 9.47 Å². The molecule has 1 atom stereocenters. The Morgan fingerprint density at radius 3 is 2.74 bits per heavy atom. The Balaban J connectivity index is 1.85. The van der Waals surface area contributed by atoms with Crippen LogP contribution >= 0.6 is 0 Å². The van der Waals surface area contributed by atoms with E-state index in [1.165, 1.54) is 0 Å². The number of hydrogen-bond donors (Lipinski definition) is 1. The topological polar surface area (TPSA) is 47.6 Å². The summed E-state index contributed by atoms with van der Waals surface area (Å²) in [6, 6.07) is 7.35. The first kappa shape index (κ1) is 13.9. The maximum atomic E-state index is 11.8. The molecule has 19 heavy (non-hydrogen) atoms.